The molecule has 4 nitrogen and oxygen atoms in total. The van der Waals surface area contributed by atoms with Crippen molar-refractivity contribution >= 4 is 5.82 Å². The maximum atomic E-state index is 13.3. The lowest BCUT2D eigenvalue weighted by Gasteiger charge is -2.05. The number of nitrogen functional groups attached to an aromatic ring is 1. The summed E-state index contributed by atoms with van der Waals surface area (Å²) >= 11 is 0. The average Bonchev–Trinajstić information content (AvgIpc) is 2.27. The second-order valence-corrected chi connectivity index (χ2v) is 3.83. The molecule has 0 atom stereocenters. The van der Waals surface area contributed by atoms with Crippen LogP contribution in [0.15, 0.2) is 24.4 Å². The van der Waals surface area contributed by atoms with Gasteiger partial charge in [-0.05, 0) is 30.7 Å². The maximum Gasteiger partial charge on any atom is 0.161 e. The Morgan fingerprint density at radius 3 is 2.65 bits per heavy atom. The number of anilines is 1. The number of aryl methyl sites for hydroxylation is 1. The summed E-state index contributed by atoms with van der Waals surface area (Å²) in [6.45, 7) is 2.10. The monoisotopic (exact) mass is 232 g/mol. The molecule has 0 saturated heterocycles. The standard InChI is InChI=1S/C12H13FN4/c1-7-2-8(4-10(13)3-7)12-16-6-9(5-14)11(15)17-12/h2-4,6H,5,14H2,1H3,(H2,15,16,17). The molecule has 4 N–H and O–H groups in total. The second kappa shape index (κ2) is 4.47. The van der Waals surface area contributed by atoms with E-state index in [9.17, 15) is 4.39 Å². The van der Waals surface area contributed by atoms with E-state index >= 15 is 0 Å². The molecule has 0 aliphatic heterocycles. The van der Waals surface area contributed by atoms with Gasteiger partial charge in [0.1, 0.15) is 11.6 Å². The molecule has 1 aromatic carbocycles. The highest BCUT2D eigenvalue weighted by molar-refractivity contribution is 5.58. The number of benzene rings is 1. The summed E-state index contributed by atoms with van der Waals surface area (Å²) in [6, 6.07) is 4.63. The minimum absolute atomic E-state index is 0.286. The molecular formula is C12H13FN4. The molecule has 5 heteroatoms. The first kappa shape index (κ1) is 11.5. The topological polar surface area (TPSA) is 77.8 Å². The van der Waals surface area contributed by atoms with Crippen LogP contribution in [0.4, 0.5) is 10.2 Å². The summed E-state index contributed by atoms with van der Waals surface area (Å²) in [5, 5.41) is 0. The lowest BCUT2D eigenvalue weighted by atomic mass is 10.1. The Morgan fingerprint density at radius 2 is 2.06 bits per heavy atom. The van der Waals surface area contributed by atoms with Gasteiger partial charge in [0, 0.05) is 23.9 Å². The lowest BCUT2D eigenvalue weighted by Crippen LogP contribution is -2.05. The van der Waals surface area contributed by atoms with E-state index in [0.29, 0.717) is 22.8 Å². The summed E-state index contributed by atoms with van der Waals surface area (Å²) < 4.78 is 13.3. The highest BCUT2D eigenvalue weighted by Gasteiger charge is 2.07. The van der Waals surface area contributed by atoms with Gasteiger partial charge in [0.2, 0.25) is 0 Å². The molecule has 0 amide bonds. The van der Waals surface area contributed by atoms with Gasteiger partial charge in [0.25, 0.3) is 0 Å². The minimum Gasteiger partial charge on any atom is -0.383 e. The van der Waals surface area contributed by atoms with Crippen molar-refractivity contribution < 1.29 is 4.39 Å². The Morgan fingerprint density at radius 1 is 1.29 bits per heavy atom. The van der Waals surface area contributed by atoms with Crippen LogP contribution >= 0.6 is 0 Å². The van der Waals surface area contributed by atoms with Crippen molar-refractivity contribution in [1.82, 2.24) is 9.97 Å². The number of aromatic nitrogens is 2. The summed E-state index contributed by atoms with van der Waals surface area (Å²) in [4.78, 5) is 8.24. The van der Waals surface area contributed by atoms with Crippen LogP contribution in [0.2, 0.25) is 0 Å². The predicted molar refractivity (Wildman–Crippen MR) is 64.5 cm³/mol. The van der Waals surface area contributed by atoms with Gasteiger partial charge in [-0.3, -0.25) is 0 Å². The molecule has 0 unspecified atom stereocenters. The van der Waals surface area contributed by atoms with Crippen molar-refractivity contribution in [3.63, 3.8) is 0 Å². The van der Waals surface area contributed by atoms with Crippen LogP contribution in [0.1, 0.15) is 11.1 Å². The first-order valence-corrected chi connectivity index (χ1v) is 5.19. The van der Waals surface area contributed by atoms with Gasteiger partial charge < -0.3 is 11.5 Å². The molecular weight excluding hydrogens is 219 g/mol. The van der Waals surface area contributed by atoms with Crippen molar-refractivity contribution in [3.8, 4) is 11.4 Å². The molecule has 0 bridgehead atoms. The molecule has 0 aliphatic carbocycles. The van der Waals surface area contributed by atoms with Crippen LogP contribution in [0.25, 0.3) is 11.4 Å². The van der Waals surface area contributed by atoms with Crippen molar-refractivity contribution in [2.45, 2.75) is 13.5 Å². The molecule has 0 spiro atoms. The van der Waals surface area contributed by atoms with Crippen molar-refractivity contribution in [2.24, 2.45) is 5.73 Å². The maximum absolute atomic E-state index is 13.3. The Kier molecular flexibility index (Phi) is 3.01. The van der Waals surface area contributed by atoms with Crippen LogP contribution in [-0.2, 0) is 6.54 Å². The zero-order valence-corrected chi connectivity index (χ0v) is 9.44. The number of nitrogens with zero attached hydrogens (tertiary/aromatic N) is 2. The van der Waals surface area contributed by atoms with Crippen LogP contribution in [0.5, 0.6) is 0 Å². The Bertz CT molecular complexity index is 534. The summed E-state index contributed by atoms with van der Waals surface area (Å²) in [5.74, 6) is 0.423. The Hall–Kier alpha value is -2.01. The number of nitrogens with two attached hydrogens (primary N) is 2. The zero-order chi connectivity index (χ0) is 12.4. The van der Waals surface area contributed by atoms with Gasteiger partial charge in [-0.25, -0.2) is 14.4 Å². The van der Waals surface area contributed by atoms with E-state index in [-0.39, 0.29) is 12.4 Å². The highest BCUT2D eigenvalue weighted by Crippen LogP contribution is 2.20. The highest BCUT2D eigenvalue weighted by atomic mass is 19.1. The smallest absolute Gasteiger partial charge is 0.161 e. The van der Waals surface area contributed by atoms with E-state index < -0.39 is 0 Å². The fourth-order valence-electron chi connectivity index (χ4n) is 1.58. The van der Waals surface area contributed by atoms with Crippen molar-refractivity contribution in [2.75, 3.05) is 5.73 Å². The molecule has 2 rings (SSSR count). The van der Waals surface area contributed by atoms with Gasteiger partial charge in [-0.1, -0.05) is 0 Å². The van der Waals surface area contributed by atoms with E-state index in [1.54, 1.807) is 12.3 Å². The zero-order valence-electron chi connectivity index (χ0n) is 9.44. The van der Waals surface area contributed by atoms with Crippen LogP contribution in [0.3, 0.4) is 0 Å². The second-order valence-electron chi connectivity index (χ2n) is 3.83. The van der Waals surface area contributed by atoms with Gasteiger partial charge in [0.05, 0.1) is 0 Å². The first-order valence-electron chi connectivity index (χ1n) is 5.19. The van der Waals surface area contributed by atoms with Crippen molar-refractivity contribution in [3.05, 3.63) is 41.3 Å². The third kappa shape index (κ3) is 2.39. The van der Waals surface area contributed by atoms with Gasteiger partial charge in [-0.2, -0.15) is 0 Å². The largest absolute Gasteiger partial charge is 0.383 e. The fraction of sp³-hybridized carbons (Fsp3) is 0.167. The lowest BCUT2D eigenvalue weighted by molar-refractivity contribution is 0.627. The molecule has 1 heterocycles. The molecule has 17 heavy (non-hydrogen) atoms. The van der Waals surface area contributed by atoms with E-state index in [1.807, 2.05) is 6.92 Å². The molecule has 0 radical (unpaired) electrons. The van der Waals surface area contributed by atoms with Crippen molar-refractivity contribution in [1.29, 1.82) is 0 Å². The summed E-state index contributed by atoms with van der Waals surface area (Å²) in [5.41, 5.74) is 13.3. The SMILES string of the molecule is Cc1cc(F)cc(-c2ncc(CN)c(N)n2)c1. The van der Waals surface area contributed by atoms with Gasteiger partial charge in [0.15, 0.2) is 5.82 Å². The third-order valence-electron chi connectivity index (χ3n) is 2.42. The average molecular weight is 232 g/mol. The van der Waals surface area contributed by atoms with E-state index in [1.165, 1.54) is 12.1 Å². The number of hydrogen-bond donors (Lipinski definition) is 2. The van der Waals surface area contributed by atoms with Gasteiger partial charge in [-0.15, -0.1) is 0 Å². The Labute approximate surface area is 98.5 Å². The predicted octanol–water partition coefficient (Wildman–Crippen LogP) is 1.63. The molecule has 88 valence electrons. The molecule has 0 fully saturated rings. The fourth-order valence-corrected chi connectivity index (χ4v) is 1.58. The number of halogens is 1. The number of rotatable bonds is 2. The first-order chi connectivity index (χ1) is 8.10. The van der Waals surface area contributed by atoms with Gasteiger partial charge >= 0.3 is 0 Å². The molecule has 2 aromatic rings. The Balaban J connectivity index is 2.49. The summed E-state index contributed by atoms with van der Waals surface area (Å²) in [6.07, 6.45) is 1.57. The third-order valence-corrected chi connectivity index (χ3v) is 2.42. The number of hydrogen-bond acceptors (Lipinski definition) is 4. The summed E-state index contributed by atoms with van der Waals surface area (Å²) in [7, 11) is 0. The molecule has 0 saturated carbocycles. The van der Waals surface area contributed by atoms with Crippen LogP contribution in [0, 0.1) is 12.7 Å². The van der Waals surface area contributed by atoms with E-state index in [4.69, 9.17) is 11.5 Å². The molecule has 0 aliphatic rings. The molecule has 1 aromatic heterocycles. The normalized spacial score (nSPS) is 10.5. The minimum atomic E-state index is -0.315. The van der Waals surface area contributed by atoms with Crippen LogP contribution < -0.4 is 11.5 Å². The van der Waals surface area contributed by atoms with E-state index in [2.05, 4.69) is 9.97 Å². The van der Waals surface area contributed by atoms with Crippen LogP contribution in [-0.4, -0.2) is 9.97 Å². The quantitative estimate of drug-likeness (QED) is 0.825. The van der Waals surface area contributed by atoms with E-state index in [0.717, 1.165) is 5.56 Å².